The first-order valence-electron chi connectivity index (χ1n) is 4.01. The Labute approximate surface area is 76.8 Å². The number of nitrogens with one attached hydrogen (secondary N) is 1. The summed E-state index contributed by atoms with van der Waals surface area (Å²) in [6.45, 7) is 1.93. The van der Waals surface area contributed by atoms with Gasteiger partial charge in [-0.3, -0.25) is 14.9 Å². The molecule has 0 unspecified atom stereocenters. The minimum absolute atomic E-state index is 0.255. The third-order valence-corrected chi connectivity index (χ3v) is 1.83. The number of hydrogen-bond acceptors (Lipinski definition) is 2. The van der Waals surface area contributed by atoms with Gasteiger partial charge in [-0.1, -0.05) is 24.3 Å². The molecule has 0 aliphatic heterocycles. The largest absolute Gasteiger partial charge is 0.299 e. The van der Waals surface area contributed by atoms with E-state index in [9.17, 15) is 9.59 Å². The van der Waals surface area contributed by atoms with Gasteiger partial charge in [0.25, 0.3) is 0 Å². The summed E-state index contributed by atoms with van der Waals surface area (Å²) in [5.74, 6) is -0.274. The third-order valence-electron chi connectivity index (χ3n) is 1.83. The molecule has 3 heteroatoms. The lowest BCUT2D eigenvalue weighted by molar-refractivity contribution is -0.124. The van der Waals surface area contributed by atoms with Crippen LogP contribution in [0.15, 0.2) is 24.3 Å². The van der Waals surface area contributed by atoms with Crippen molar-refractivity contribution >= 4 is 12.3 Å². The van der Waals surface area contributed by atoms with E-state index in [4.69, 9.17) is 0 Å². The summed E-state index contributed by atoms with van der Waals surface area (Å²) >= 11 is 0. The SMILES string of the molecule is Cc1ccccc1CC(=O)NC=O. The molecule has 0 atom stereocenters. The first-order valence-corrected chi connectivity index (χ1v) is 4.01. The average molecular weight is 177 g/mol. The van der Waals surface area contributed by atoms with Gasteiger partial charge in [-0.05, 0) is 18.1 Å². The van der Waals surface area contributed by atoms with Crippen molar-refractivity contribution in [1.29, 1.82) is 0 Å². The molecule has 13 heavy (non-hydrogen) atoms. The van der Waals surface area contributed by atoms with Crippen molar-refractivity contribution in [3.05, 3.63) is 35.4 Å². The van der Waals surface area contributed by atoms with Crippen LogP contribution in [-0.4, -0.2) is 12.3 Å². The van der Waals surface area contributed by atoms with E-state index < -0.39 is 0 Å². The molecule has 0 spiro atoms. The molecule has 0 bridgehead atoms. The lowest BCUT2D eigenvalue weighted by atomic mass is 10.1. The molecular weight excluding hydrogens is 166 g/mol. The Balaban J connectivity index is 2.68. The molecule has 0 saturated heterocycles. The normalized spacial score (nSPS) is 9.31. The van der Waals surface area contributed by atoms with Crippen molar-refractivity contribution in [2.45, 2.75) is 13.3 Å². The lowest BCUT2D eigenvalue weighted by Crippen LogP contribution is -2.23. The van der Waals surface area contributed by atoms with Crippen LogP contribution in [0, 0.1) is 6.92 Å². The van der Waals surface area contributed by atoms with E-state index in [1.165, 1.54) is 0 Å². The molecular formula is C10H11NO2. The topological polar surface area (TPSA) is 46.2 Å². The number of aryl methyl sites for hydroxylation is 1. The molecule has 1 aromatic rings. The van der Waals surface area contributed by atoms with E-state index in [-0.39, 0.29) is 12.3 Å². The van der Waals surface area contributed by atoms with Crippen LogP contribution in [-0.2, 0) is 16.0 Å². The molecule has 0 radical (unpaired) electrons. The van der Waals surface area contributed by atoms with Gasteiger partial charge >= 0.3 is 0 Å². The highest BCUT2D eigenvalue weighted by Crippen LogP contribution is 2.06. The maximum atomic E-state index is 11.0. The molecule has 0 saturated carbocycles. The predicted octanol–water partition coefficient (Wildman–Crippen LogP) is 0.810. The van der Waals surface area contributed by atoms with Gasteiger partial charge in [0.05, 0.1) is 6.42 Å². The number of rotatable bonds is 3. The summed E-state index contributed by atoms with van der Waals surface area (Å²) in [5.41, 5.74) is 2.00. The van der Waals surface area contributed by atoms with E-state index in [0.29, 0.717) is 6.41 Å². The smallest absolute Gasteiger partial charge is 0.230 e. The van der Waals surface area contributed by atoms with Crippen molar-refractivity contribution < 1.29 is 9.59 Å². The van der Waals surface area contributed by atoms with Crippen molar-refractivity contribution in [1.82, 2.24) is 5.32 Å². The molecule has 0 aromatic heterocycles. The third kappa shape index (κ3) is 2.71. The monoisotopic (exact) mass is 177 g/mol. The Bertz CT molecular complexity index is 320. The summed E-state index contributed by atoms with van der Waals surface area (Å²) in [4.78, 5) is 21.0. The minimum Gasteiger partial charge on any atom is -0.299 e. The second-order valence-electron chi connectivity index (χ2n) is 2.79. The highest BCUT2D eigenvalue weighted by atomic mass is 16.2. The van der Waals surface area contributed by atoms with E-state index in [2.05, 4.69) is 5.32 Å². The van der Waals surface area contributed by atoms with Gasteiger partial charge < -0.3 is 0 Å². The van der Waals surface area contributed by atoms with Crippen LogP contribution < -0.4 is 5.32 Å². The Hall–Kier alpha value is -1.64. The Morgan fingerprint density at radius 1 is 1.46 bits per heavy atom. The maximum absolute atomic E-state index is 11.0. The van der Waals surface area contributed by atoms with Gasteiger partial charge in [-0.2, -0.15) is 0 Å². The number of carbonyl (C=O) groups excluding carboxylic acids is 2. The van der Waals surface area contributed by atoms with Crippen LogP contribution in [0.1, 0.15) is 11.1 Å². The van der Waals surface area contributed by atoms with Crippen LogP contribution in [0.5, 0.6) is 0 Å². The molecule has 3 nitrogen and oxygen atoms in total. The molecule has 1 aromatic carbocycles. The predicted molar refractivity (Wildman–Crippen MR) is 49.1 cm³/mol. The summed E-state index contributed by atoms with van der Waals surface area (Å²) in [6.07, 6.45) is 0.659. The Kier molecular flexibility index (Phi) is 3.20. The summed E-state index contributed by atoms with van der Waals surface area (Å²) in [7, 11) is 0. The molecule has 0 fully saturated rings. The number of imide groups is 1. The van der Waals surface area contributed by atoms with E-state index in [1.807, 2.05) is 31.2 Å². The second-order valence-corrected chi connectivity index (χ2v) is 2.79. The Morgan fingerprint density at radius 2 is 2.15 bits per heavy atom. The van der Waals surface area contributed by atoms with Gasteiger partial charge in [0.15, 0.2) is 0 Å². The number of hydrogen-bond donors (Lipinski definition) is 1. The van der Waals surface area contributed by atoms with Crippen LogP contribution in [0.3, 0.4) is 0 Å². The quantitative estimate of drug-likeness (QED) is 0.694. The Morgan fingerprint density at radius 3 is 2.77 bits per heavy atom. The van der Waals surface area contributed by atoms with Gasteiger partial charge in [-0.25, -0.2) is 0 Å². The highest BCUT2D eigenvalue weighted by Gasteiger charge is 2.03. The van der Waals surface area contributed by atoms with E-state index in [1.54, 1.807) is 0 Å². The summed E-state index contributed by atoms with van der Waals surface area (Å²) < 4.78 is 0. The highest BCUT2D eigenvalue weighted by molar-refractivity contribution is 5.87. The molecule has 1 rings (SSSR count). The van der Waals surface area contributed by atoms with Gasteiger partial charge in [0.2, 0.25) is 12.3 Å². The molecule has 0 aliphatic carbocycles. The zero-order valence-electron chi connectivity index (χ0n) is 7.41. The second kappa shape index (κ2) is 4.40. The zero-order valence-corrected chi connectivity index (χ0v) is 7.41. The average Bonchev–Trinajstić information content (AvgIpc) is 2.09. The number of carbonyl (C=O) groups is 2. The van der Waals surface area contributed by atoms with Gasteiger partial charge in [0.1, 0.15) is 0 Å². The molecule has 2 amide bonds. The molecule has 68 valence electrons. The molecule has 0 aliphatic rings. The van der Waals surface area contributed by atoms with Crippen LogP contribution in [0.2, 0.25) is 0 Å². The number of benzene rings is 1. The fourth-order valence-electron chi connectivity index (χ4n) is 1.10. The lowest BCUT2D eigenvalue weighted by Gasteiger charge is -2.02. The minimum atomic E-state index is -0.274. The van der Waals surface area contributed by atoms with Crippen LogP contribution >= 0.6 is 0 Å². The maximum Gasteiger partial charge on any atom is 0.230 e. The fraction of sp³-hybridized carbons (Fsp3) is 0.200. The summed E-state index contributed by atoms with van der Waals surface area (Å²) in [6, 6.07) is 7.59. The summed E-state index contributed by atoms with van der Waals surface area (Å²) in [5, 5.41) is 2.10. The first-order chi connectivity index (χ1) is 6.24. The zero-order chi connectivity index (χ0) is 9.68. The van der Waals surface area contributed by atoms with E-state index >= 15 is 0 Å². The van der Waals surface area contributed by atoms with Crippen molar-refractivity contribution in [3.8, 4) is 0 Å². The standard InChI is InChI=1S/C10H11NO2/c1-8-4-2-3-5-9(8)6-10(13)11-7-12/h2-5,7H,6H2,1H3,(H,11,12,13). The molecule has 1 N–H and O–H groups in total. The fourth-order valence-corrected chi connectivity index (χ4v) is 1.10. The number of amides is 2. The van der Waals surface area contributed by atoms with E-state index in [0.717, 1.165) is 11.1 Å². The van der Waals surface area contributed by atoms with Crippen LogP contribution in [0.4, 0.5) is 0 Å². The van der Waals surface area contributed by atoms with Gasteiger partial charge in [-0.15, -0.1) is 0 Å². The van der Waals surface area contributed by atoms with Crippen LogP contribution in [0.25, 0.3) is 0 Å². The molecule has 0 heterocycles. The first kappa shape index (κ1) is 9.45. The van der Waals surface area contributed by atoms with Crippen molar-refractivity contribution in [3.63, 3.8) is 0 Å². The van der Waals surface area contributed by atoms with Gasteiger partial charge in [0, 0.05) is 0 Å². The van der Waals surface area contributed by atoms with Crippen molar-refractivity contribution in [2.75, 3.05) is 0 Å². The van der Waals surface area contributed by atoms with Crippen molar-refractivity contribution in [2.24, 2.45) is 0 Å².